The Bertz CT molecular complexity index is 734. The van der Waals surface area contributed by atoms with Crippen LogP contribution in [0.4, 0.5) is 17.5 Å². The van der Waals surface area contributed by atoms with Crippen molar-refractivity contribution in [1.29, 1.82) is 0 Å². The Hall–Kier alpha value is -1.57. The van der Waals surface area contributed by atoms with Crippen molar-refractivity contribution in [2.75, 3.05) is 36.4 Å². The van der Waals surface area contributed by atoms with Gasteiger partial charge in [-0.1, -0.05) is 18.5 Å². The van der Waals surface area contributed by atoms with E-state index in [4.69, 9.17) is 11.6 Å². The molecule has 2 N–H and O–H groups in total. The van der Waals surface area contributed by atoms with E-state index in [1.165, 1.54) is 0 Å². The minimum absolute atomic E-state index is 0. The van der Waals surface area contributed by atoms with Crippen LogP contribution in [-0.2, 0) is 7.05 Å². The van der Waals surface area contributed by atoms with E-state index in [-0.39, 0.29) is 12.4 Å². The molecule has 2 aromatic heterocycles. The molecular weight excluding hydrogens is 349 g/mol. The highest BCUT2D eigenvalue weighted by Gasteiger charge is 2.46. The molecule has 0 saturated carbocycles. The van der Waals surface area contributed by atoms with Gasteiger partial charge in [-0.25, -0.2) is 4.98 Å². The Balaban J connectivity index is 0.00000169. The molecule has 0 aliphatic carbocycles. The molecule has 0 amide bonds. The summed E-state index contributed by atoms with van der Waals surface area (Å²) in [7, 11) is 1.87. The lowest BCUT2D eigenvalue weighted by Crippen LogP contribution is -2.30. The summed E-state index contributed by atoms with van der Waals surface area (Å²) >= 11 is 6.36. The third kappa shape index (κ3) is 3.03. The number of fused-ring (bicyclic) bond motifs is 1. The SMILES string of the molecule is Cl.Cn1cc(Nc2ncc(Cl)c(N3C[C@@H]4CNC[C@]4(C)C3)n2)cn1. The van der Waals surface area contributed by atoms with Crippen LogP contribution in [0.15, 0.2) is 18.6 Å². The summed E-state index contributed by atoms with van der Waals surface area (Å²) in [5.74, 6) is 1.99. The average Bonchev–Trinajstić information content (AvgIpc) is 3.14. The maximum atomic E-state index is 6.36. The van der Waals surface area contributed by atoms with Gasteiger partial charge in [0.05, 0.1) is 18.1 Å². The lowest BCUT2D eigenvalue weighted by atomic mass is 9.83. The molecule has 4 heterocycles. The molecule has 2 fully saturated rings. The largest absolute Gasteiger partial charge is 0.354 e. The number of aromatic nitrogens is 4. The maximum Gasteiger partial charge on any atom is 0.229 e. The molecule has 2 aromatic rings. The molecule has 2 aliphatic rings. The third-order valence-corrected chi connectivity index (χ3v) is 5.15. The number of hydrogen-bond donors (Lipinski definition) is 2. The van der Waals surface area contributed by atoms with Crippen molar-refractivity contribution >= 4 is 41.5 Å². The van der Waals surface area contributed by atoms with Gasteiger partial charge >= 0.3 is 0 Å². The smallest absolute Gasteiger partial charge is 0.229 e. The van der Waals surface area contributed by atoms with Gasteiger partial charge in [-0.3, -0.25) is 4.68 Å². The number of halogens is 2. The number of hydrogen-bond acceptors (Lipinski definition) is 6. The first-order valence-electron chi connectivity index (χ1n) is 7.77. The quantitative estimate of drug-likeness (QED) is 0.862. The predicted molar refractivity (Wildman–Crippen MR) is 97.5 cm³/mol. The van der Waals surface area contributed by atoms with E-state index in [1.807, 2.05) is 13.2 Å². The molecular formula is C15H21Cl2N7. The summed E-state index contributed by atoms with van der Waals surface area (Å²) in [5, 5.41) is 11.4. The van der Waals surface area contributed by atoms with E-state index in [9.17, 15) is 0 Å². The van der Waals surface area contributed by atoms with E-state index >= 15 is 0 Å². The molecule has 130 valence electrons. The van der Waals surface area contributed by atoms with Crippen molar-refractivity contribution in [3.8, 4) is 0 Å². The van der Waals surface area contributed by atoms with Crippen LogP contribution in [0.3, 0.4) is 0 Å². The fraction of sp³-hybridized carbons (Fsp3) is 0.533. The summed E-state index contributed by atoms with van der Waals surface area (Å²) in [6, 6.07) is 0. The summed E-state index contributed by atoms with van der Waals surface area (Å²) in [6.45, 7) is 6.40. The fourth-order valence-corrected chi connectivity index (χ4v) is 3.79. The molecule has 7 nitrogen and oxygen atoms in total. The van der Waals surface area contributed by atoms with E-state index in [2.05, 4.69) is 37.5 Å². The maximum absolute atomic E-state index is 6.36. The van der Waals surface area contributed by atoms with Gasteiger partial charge in [0.2, 0.25) is 5.95 Å². The molecule has 0 spiro atoms. The van der Waals surface area contributed by atoms with E-state index in [0.29, 0.717) is 22.3 Å². The van der Waals surface area contributed by atoms with Gasteiger partial charge in [0.25, 0.3) is 0 Å². The van der Waals surface area contributed by atoms with Gasteiger partial charge in [-0.15, -0.1) is 12.4 Å². The average molecular weight is 370 g/mol. The molecule has 4 rings (SSSR count). The van der Waals surface area contributed by atoms with Gasteiger partial charge in [0.1, 0.15) is 5.02 Å². The summed E-state index contributed by atoms with van der Waals surface area (Å²) < 4.78 is 1.73. The second-order valence-electron chi connectivity index (χ2n) is 6.76. The molecule has 0 unspecified atom stereocenters. The molecule has 0 aromatic carbocycles. The second kappa shape index (κ2) is 6.38. The highest BCUT2D eigenvalue weighted by atomic mass is 35.5. The topological polar surface area (TPSA) is 70.9 Å². The van der Waals surface area contributed by atoms with Crippen molar-refractivity contribution < 1.29 is 0 Å². The summed E-state index contributed by atoms with van der Waals surface area (Å²) in [6.07, 6.45) is 5.28. The Morgan fingerprint density at radius 1 is 1.42 bits per heavy atom. The highest BCUT2D eigenvalue weighted by molar-refractivity contribution is 6.32. The normalized spacial score (nSPS) is 25.5. The second-order valence-corrected chi connectivity index (χ2v) is 7.16. The zero-order valence-electron chi connectivity index (χ0n) is 13.7. The van der Waals surface area contributed by atoms with Crippen molar-refractivity contribution in [2.45, 2.75) is 6.92 Å². The molecule has 2 atom stereocenters. The fourth-order valence-electron chi connectivity index (χ4n) is 3.58. The number of nitrogens with one attached hydrogen (secondary N) is 2. The monoisotopic (exact) mass is 369 g/mol. The van der Waals surface area contributed by atoms with E-state index in [0.717, 1.165) is 37.7 Å². The van der Waals surface area contributed by atoms with Crippen LogP contribution in [0.2, 0.25) is 5.02 Å². The Morgan fingerprint density at radius 2 is 2.25 bits per heavy atom. The van der Waals surface area contributed by atoms with Crippen LogP contribution >= 0.6 is 24.0 Å². The Labute approximate surface area is 152 Å². The lowest BCUT2D eigenvalue weighted by Gasteiger charge is -2.23. The summed E-state index contributed by atoms with van der Waals surface area (Å²) in [5.41, 5.74) is 1.15. The van der Waals surface area contributed by atoms with Crippen LogP contribution in [-0.4, -0.2) is 45.9 Å². The zero-order valence-corrected chi connectivity index (χ0v) is 15.2. The first-order chi connectivity index (χ1) is 11.0. The van der Waals surface area contributed by atoms with Crippen molar-refractivity contribution in [3.05, 3.63) is 23.6 Å². The van der Waals surface area contributed by atoms with Gasteiger partial charge < -0.3 is 15.5 Å². The number of anilines is 3. The van der Waals surface area contributed by atoms with E-state index in [1.54, 1.807) is 17.1 Å². The first kappa shape index (κ1) is 17.3. The van der Waals surface area contributed by atoms with Crippen molar-refractivity contribution in [3.63, 3.8) is 0 Å². The number of rotatable bonds is 3. The minimum Gasteiger partial charge on any atom is -0.354 e. The molecule has 0 bridgehead atoms. The molecule has 9 heteroatoms. The van der Waals surface area contributed by atoms with Crippen LogP contribution in [0.25, 0.3) is 0 Å². The molecule has 24 heavy (non-hydrogen) atoms. The van der Waals surface area contributed by atoms with Gasteiger partial charge in [0.15, 0.2) is 5.82 Å². The van der Waals surface area contributed by atoms with E-state index < -0.39 is 0 Å². The first-order valence-corrected chi connectivity index (χ1v) is 8.15. The zero-order chi connectivity index (χ0) is 16.0. The standard InChI is InChI=1S/C15H20ClN7.ClH/c1-15-8-17-3-10(15)6-23(9-15)13-12(16)5-18-14(21-13)20-11-4-19-22(2)7-11;/h4-5,7,10,17H,3,6,8-9H2,1-2H3,(H,18,20,21);1H/t10-,15+;/m0./s1. The van der Waals surface area contributed by atoms with Crippen LogP contribution < -0.4 is 15.5 Å². The molecule has 0 radical (unpaired) electrons. The molecule has 2 saturated heterocycles. The van der Waals surface area contributed by atoms with Gasteiger partial charge in [-0.05, 0) is 5.92 Å². The van der Waals surface area contributed by atoms with Crippen molar-refractivity contribution in [2.24, 2.45) is 18.4 Å². The predicted octanol–water partition coefficient (Wildman–Crippen LogP) is 2.07. The molecule has 2 aliphatic heterocycles. The number of nitrogens with zero attached hydrogens (tertiary/aromatic N) is 5. The lowest BCUT2D eigenvalue weighted by molar-refractivity contribution is 0.338. The van der Waals surface area contributed by atoms with Crippen LogP contribution in [0.1, 0.15) is 6.92 Å². The van der Waals surface area contributed by atoms with Gasteiger partial charge in [0, 0.05) is 44.8 Å². The summed E-state index contributed by atoms with van der Waals surface area (Å²) in [4.78, 5) is 11.2. The third-order valence-electron chi connectivity index (χ3n) is 4.88. The van der Waals surface area contributed by atoms with Gasteiger partial charge in [-0.2, -0.15) is 10.1 Å². The van der Waals surface area contributed by atoms with Crippen LogP contribution in [0.5, 0.6) is 0 Å². The highest BCUT2D eigenvalue weighted by Crippen LogP contribution is 2.41. The Morgan fingerprint density at radius 3 is 2.96 bits per heavy atom. The van der Waals surface area contributed by atoms with Crippen molar-refractivity contribution in [1.82, 2.24) is 25.1 Å². The minimum atomic E-state index is 0. The number of aryl methyl sites for hydroxylation is 1. The Kier molecular flexibility index (Phi) is 4.59. The van der Waals surface area contributed by atoms with Crippen LogP contribution in [0, 0.1) is 11.3 Å².